The molecule has 0 saturated carbocycles. The second-order valence-corrected chi connectivity index (χ2v) is 8.20. The highest BCUT2D eigenvalue weighted by molar-refractivity contribution is 5.90. The van der Waals surface area contributed by atoms with Crippen molar-refractivity contribution in [2.24, 2.45) is 5.92 Å². The van der Waals surface area contributed by atoms with Gasteiger partial charge in [-0.3, -0.25) is 9.69 Å². The van der Waals surface area contributed by atoms with Crippen molar-refractivity contribution in [1.82, 2.24) is 9.80 Å². The highest BCUT2D eigenvalue weighted by Gasteiger charge is 2.64. The van der Waals surface area contributed by atoms with Crippen LogP contribution in [0.15, 0.2) is 54.6 Å². The van der Waals surface area contributed by atoms with Gasteiger partial charge in [-0.1, -0.05) is 42.5 Å². The van der Waals surface area contributed by atoms with Crippen LogP contribution < -0.4 is 4.74 Å². The van der Waals surface area contributed by atoms with Gasteiger partial charge in [0.15, 0.2) is 0 Å². The fourth-order valence-corrected chi connectivity index (χ4v) is 5.54. The second kappa shape index (κ2) is 6.38. The Morgan fingerprint density at radius 3 is 2.67 bits per heavy atom. The van der Waals surface area contributed by atoms with E-state index in [-0.39, 0.29) is 5.54 Å². The van der Waals surface area contributed by atoms with E-state index in [1.165, 1.54) is 11.1 Å². The third kappa shape index (κ3) is 2.58. The van der Waals surface area contributed by atoms with Gasteiger partial charge in [-0.05, 0) is 49.1 Å². The van der Waals surface area contributed by atoms with E-state index in [1.54, 1.807) is 0 Å². The average Bonchev–Trinajstić information content (AvgIpc) is 3.33. The minimum Gasteiger partial charge on any atom is -0.489 e. The predicted molar refractivity (Wildman–Crippen MR) is 104 cm³/mol. The third-order valence-electron chi connectivity index (χ3n) is 6.75. The van der Waals surface area contributed by atoms with Crippen molar-refractivity contribution >= 4 is 5.91 Å². The van der Waals surface area contributed by atoms with Crippen LogP contribution in [0, 0.1) is 5.92 Å². The number of hydrogen-bond acceptors (Lipinski definition) is 3. The molecule has 0 aromatic heterocycles. The van der Waals surface area contributed by atoms with E-state index in [4.69, 9.17) is 4.74 Å². The van der Waals surface area contributed by atoms with Crippen molar-refractivity contribution in [3.05, 3.63) is 65.7 Å². The van der Waals surface area contributed by atoms with Gasteiger partial charge in [-0.25, -0.2) is 0 Å². The Kier molecular flexibility index (Phi) is 3.97. The molecule has 4 heteroatoms. The van der Waals surface area contributed by atoms with Gasteiger partial charge in [0.05, 0.1) is 0 Å². The van der Waals surface area contributed by atoms with Gasteiger partial charge in [0, 0.05) is 25.6 Å². The highest BCUT2D eigenvalue weighted by Crippen LogP contribution is 2.55. The first-order chi connectivity index (χ1) is 13.2. The minimum atomic E-state index is -0.220. The van der Waals surface area contributed by atoms with Gasteiger partial charge in [0.1, 0.15) is 17.9 Å². The van der Waals surface area contributed by atoms with Crippen LogP contribution in [0.25, 0.3) is 0 Å². The number of carbonyl (C=O) groups excluding carboxylic acids is 1. The maximum absolute atomic E-state index is 12.9. The fraction of sp³-hybridized carbons (Fsp3) is 0.435. The summed E-state index contributed by atoms with van der Waals surface area (Å²) in [5, 5.41) is 0. The summed E-state index contributed by atoms with van der Waals surface area (Å²) in [5.41, 5.74) is 2.27. The van der Waals surface area contributed by atoms with E-state index in [0.717, 1.165) is 38.1 Å². The largest absolute Gasteiger partial charge is 0.489 e. The Morgan fingerprint density at radius 1 is 1.11 bits per heavy atom. The Morgan fingerprint density at radius 2 is 1.89 bits per heavy atom. The highest BCUT2D eigenvalue weighted by atomic mass is 16.5. The molecular weight excluding hydrogens is 336 g/mol. The molecule has 3 heterocycles. The first-order valence-corrected chi connectivity index (χ1v) is 9.97. The number of likely N-dealkylation sites (tertiary alicyclic amines) is 1. The van der Waals surface area contributed by atoms with Crippen molar-refractivity contribution < 1.29 is 9.53 Å². The molecule has 3 atom stereocenters. The molecule has 1 spiro atoms. The molecule has 0 bridgehead atoms. The number of nitrogens with zero attached hydrogens (tertiary/aromatic N) is 2. The van der Waals surface area contributed by atoms with Crippen molar-refractivity contribution in [2.75, 3.05) is 20.1 Å². The van der Waals surface area contributed by atoms with E-state index < -0.39 is 0 Å². The van der Waals surface area contributed by atoms with Gasteiger partial charge in [-0.2, -0.15) is 0 Å². The summed E-state index contributed by atoms with van der Waals surface area (Å²) in [6, 6.07) is 19.1. The summed E-state index contributed by atoms with van der Waals surface area (Å²) in [4.78, 5) is 17.4. The Bertz CT molecular complexity index is 835. The maximum atomic E-state index is 12.9. The minimum absolute atomic E-state index is 0.220. The molecule has 3 aliphatic rings. The SMILES string of the molecule is CN1C[C@@H]2C[C@@H](c3ccc(OCc4ccccc4)cc3)N3CCC[C@@]23C1=O. The van der Waals surface area contributed by atoms with Crippen LogP contribution in [0.5, 0.6) is 5.75 Å². The van der Waals surface area contributed by atoms with Gasteiger partial charge in [0.25, 0.3) is 0 Å². The lowest BCUT2D eigenvalue weighted by atomic mass is 9.85. The van der Waals surface area contributed by atoms with Crippen molar-refractivity contribution in [1.29, 1.82) is 0 Å². The van der Waals surface area contributed by atoms with Crippen LogP contribution in [0.3, 0.4) is 0 Å². The standard InChI is InChI=1S/C23H26N2O2/c1-24-15-19-14-21(25-13-5-12-23(19,25)22(24)26)18-8-10-20(11-9-18)27-16-17-6-3-2-4-7-17/h2-4,6-11,19,21H,5,12-16H2,1H3/t19-,21-,23-/m0/s1. The van der Waals surface area contributed by atoms with Crippen LogP contribution in [-0.2, 0) is 11.4 Å². The first kappa shape index (κ1) is 16.8. The molecule has 0 unspecified atom stereocenters. The monoisotopic (exact) mass is 362 g/mol. The maximum Gasteiger partial charge on any atom is 0.243 e. The number of ether oxygens (including phenoxy) is 1. The number of hydrogen-bond donors (Lipinski definition) is 0. The summed E-state index contributed by atoms with van der Waals surface area (Å²) >= 11 is 0. The summed E-state index contributed by atoms with van der Waals surface area (Å²) in [6.45, 7) is 2.53. The average molecular weight is 362 g/mol. The Balaban J connectivity index is 1.32. The zero-order valence-corrected chi connectivity index (χ0v) is 15.8. The van der Waals surface area contributed by atoms with Crippen LogP contribution >= 0.6 is 0 Å². The third-order valence-corrected chi connectivity index (χ3v) is 6.75. The summed E-state index contributed by atoms with van der Waals surface area (Å²) in [5.74, 6) is 1.71. The summed E-state index contributed by atoms with van der Waals surface area (Å²) < 4.78 is 5.93. The lowest BCUT2D eigenvalue weighted by Crippen LogP contribution is -2.49. The predicted octanol–water partition coefficient (Wildman–Crippen LogP) is 3.63. The molecule has 27 heavy (non-hydrogen) atoms. The molecule has 3 fully saturated rings. The molecule has 0 radical (unpaired) electrons. The number of amides is 1. The molecule has 140 valence electrons. The van der Waals surface area contributed by atoms with Gasteiger partial charge >= 0.3 is 0 Å². The normalized spacial score (nSPS) is 29.8. The molecule has 3 aliphatic heterocycles. The van der Waals surface area contributed by atoms with Gasteiger partial charge < -0.3 is 9.64 Å². The summed E-state index contributed by atoms with van der Waals surface area (Å²) in [6.07, 6.45) is 3.24. The van der Waals surface area contributed by atoms with Gasteiger partial charge in [0.2, 0.25) is 5.91 Å². The van der Waals surface area contributed by atoms with Crippen LogP contribution in [0.2, 0.25) is 0 Å². The Hall–Kier alpha value is -2.33. The zero-order chi connectivity index (χ0) is 18.4. The number of benzene rings is 2. The molecule has 0 N–H and O–H groups in total. The molecule has 2 aromatic carbocycles. The number of likely N-dealkylation sites (N-methyl/N-ethyl adjacent to an activating group) is 1. The molecule has 3 saturated heterocycles. The molecule has 4 nitrogen and oxygen atoms in total. The topological polar surface area (TPSA) is 32.8 Å². The van der Waals surface area contributed by atoms with E-state index in [0.29, 0.717) is 24.5 Å². The quantitative estimate of drug-likeness (QED) is 0.833. The van der Waals surface area contributed by atoms with Gasteiger partial charge in [-0.15, -0.1) is 0 Å². The van der Waals surface area contributed by atoms with E-state index in [1.807, 2.05) is 30.1 Å². The Labute approximate surface area is 160 Å². The lowest BCUT2D eigenvalue weighted by Gasteiger charge is -2.33. The first-order valence-electron chi connectivity index (χ1n) is 9.97. The van der Waals surface area contributed by atoms with E-state index in [9.17, 15) is 4.79 Å². The van der Waals surface area contributed by atoms with Crippen molar-refractivity contribution in [3.63, 3.8) is 0 Å². The zero-order valence-electron chi connectivity index (χ0n) is 15.8. The van der Waals surface area contributed by atoms with Crippen LogP contribution in [0.4, 0.5) is 0 Å². The van der Waals surface area contributed by atoms with Crippen molar-refractivity contribution in [3.8, 4) is 5.75 Å². The number of rotatable bonds is 4. The van der Waals surface area contributed by atoms with Crippen LogP contribution in [-0.4, -0.2) is 41.4 Å². The lowest BCUT2D eigenvalue weighted by molar-refractivity contribution is -0.135. The molecule has 1 amide bonds. The fourth-order valence-electron chi connectivity index (χ4n) is 5.54. The van der Waals surface area contributed by atoms with Crippen LogP contribution in [0.1, 0.15) is 36.4 Å². The molecular formula is C23H26N2O2. The molecule has 2 aromatic rings. The second-order valence-electron chi connectivity index (χ2n) is 8.20. The number of carbonyl (C=O) groups is 1. The molecule has 5 rings (SSSR count). The smallest absolute Gasteiger partial charge is 0.243 e. The van der Waals surface area contributed by atoms with E-state index >= 15 is 0 Å². The molecule has 0 aliphatic carbocycles. The summed E-state index contributed by atoms with van der Waals surface area (Å²) in [7, 11) is 1.96. The van der Waals surface area contributed by atoms with Crippen molar-refractivity contribution in [2.45, 2.75) is 37.5 Å². The van der Waals surface area contributed by atoms with E-state index in [2.05, 4.69) is 41.3 Å².